The van der Waals surface area contributed by atoms with Crippen LogP contribution >= 0.6 is 0 Å². The van der Waals surface area contributed by atoms with E-state index in [1.54, 1.807) is 13.8 Å². The largest absolute Gasteiger partial charge is 0.481 e. The maximum absolute atomic E-state index is 12.2. The summed E-state index contributed by atoms with van der Waals surface area (Å²) in [6.07, 6.45) is 0. The minimum atomic E-state index is -0.966. The van der Waals surface area contributed by atoms with Gasteiger partial charge in [0.15, 0.2) is 0 Å². The van der Waals surface area contributed by atoms with Crippen LogP contribution in [0.1, 0.15) is 30.1 Å². The summed E-state index contributed by atoms with van der Waals surface area (Å²) in [5.74, 6) is -1.66. The molecule has 2 unspecified atom stereocenters. The van der Waals surface area contributed by atoms with E-state index in [-0.39, 0.29) is 5.76 Å². The van der Waals surface area contributed by atoms with Crippen molar-refractivity contribution in [3.05, 3.63) is 41.8 Å². The molecule has 6 heteroatoms. The van der Waals surface area contributed by atoms with Gasteiger partial charge in [0.2, 0.25) is 11.7 Å². The summed E-state index contributed by atoms with van der Waals surface area (Å²) >= 11 is 0. The zero-order valence-electron chi connectivity index (χ0n) is 12.7. The van der Waals surface area contributed by atoms with Gasteiger partial charge in [0.1, 0.15) is 0 Å². The number of rotatable bonds is 5. The van der Waals surface area contributed by atoms with E-state index in [2.05, 4.69) is 10.3 Å². The molecule has 2 N–H and O–H groups in total. The number of hydrogen-bond acceptors (Lipinski definition) is 4. The fourth-order valence-corrected chi connectivity index (χ4v) is 1.92. The second-order valence-corrected chi connectivity index (χ2v) is 5.19. The Labute approximate surface area is 128 Å². The van der Waals surface area contributed by atoms with E-state index in [1.165, 1.54) is 6.92 Å². The van der Waals surface area contributed by atoms with Crippen molar-refractivity contribution in [1.29, 1.82) is 0 Å². The molecule has 0 aliphatic rings. The third kappa shape index (κ3) is 3.33. The number of aromatic nitrogens is 1. The fraction of sp³-hybridized carbons (Fsp3) is 0.312. The lowest BCUT2D eigenvalue weighted by Gasteiger charge is -2.16. The highest BCUT2D eigenvalue weighted by Crippen LogP contribution is 2.21. The number of carbonyl (C=O) groups is 2. The molecule has 1 heterocycles. The predicted molar refractivity (Wildman–Crippen MR) is 80.4 cm³/mol. The number of carbonyl (C=O) groups excluding carboxylic acids is 1. The molecule has 0 saturated carbocycles. The molecule has 22 heavy (non-hydrogen) atoms. The smallest absolute Gasteiger partial charge is 0.308 e. The van der Waals surface area contributed by atoms with E-state index >= 15 is 0 Å². The molecule has 0 aliphatic carbocycles. The molecule has 2 aromatic rings. The van der Waals surface area contributed by atoms with Gasteiger partial charge in [-0.3, -0.25) is 9.59 Å². The first kappa shape index (κ1) is 15.8. The van der Waals surface area contributed by atoms with E-state index in [9.17, 15) is 9.59 Å². The molecule has 0 radical (unpaired) electrons. The van der Waals surface area contributed by atoms with Gasteiger partial charge in [0, 0.05) is 11.6 Å². The van der Waals surface area contributed by atoms with Gasteiger partial charge in [-0.2, -0.15) is 0 Å². The molecule has 2 atom stereocenters. The molecule has 0 fully saturated rings. The van der Waals surface area contributed by atoms with Crippen LogP contribution in [0.4, 0.5) is 0 Å². The van der Waals surface area contributed by atoms with Gasteiger partial charge in [0.25, 0.3) is 5.91 Å². The Morgan fingerprint density at radius 1 is 1.23 bits per heavy atom. The summed E-state index contributed by atoms with van der Waals surface area (Å²) in [5, 5.41) is 11.6. The average molecular weight is 302 g/mol. The van der Waals surface area contributed by atoms with Gasteiger partial charge >= 0.3 is 5.97 Å². The topological polar surface area (TPSA) is 92.4 Å². The third-order valence-electron chi connectivity index (χ3n) is 3.52. The van der Waals surface area contributed by atoms with Gasteiger partial charge in [-0.05, 0) is 32.9 Å². The molecule has 1 amide bonds. The van der Waals surface area contributed by atoms with Crippen LogP contribution < -0.4 is 5.32 Å². The summed E-state index contributed by atoms with van der Waals surface area (Å²) in [4.78, 5) is 27.4. The van der Waals surface area contributed by atoms with Crippen molar-refractivity contribution in [2.45, 2.75) is 26.8 Å². The molecule has 2 rings (SSSR count). The van der Waals surface area contributed by atoms with E-state index in [0.717, 1.165) is 5.56 Å². The van der Waals surface area contributed by atoms with Crippen LogP contribution in [0.25, 0.3) is 11.5 Å². The van der Waals surface area contributed by atoms with Crippen LogP contribution in [-0.4, -0.2) is 28.0 Å². The van der Waals surface area contributed by atoms with E-state index in [1.807, 2.05) is 30.3 Å². The summed E-state index contributed by atoms with van der Waals surface area (Å²) in [6, 6.07) is 8.73. The Morgan fingerprint density at radius 2 is 1.86 bits per heavy atom. The van der Waals surface area contributed by atoms with Gasteiger partial charge in [0.05, 0.1) is 11.6 Å². The first-order valence-electron chi connectivity index (χ1n) is 6.96. The fourth-order valence-electron chi connectivity index (χ4n) is 1.92. The number of carboxylic acids is 1. The lowest BCUT2D eigenvalue weighted by molar-refractivity contribution is -0.141. The summed E-state index contributed by atoms with van der Waals surface area (Å²) < 4.78 is 5.53. The number of benzene rings is 1. The van der Waals surface area contributed by atoms with Crippen LogP contribution in [0.2, 0.25) is 0 Å². The van der Waals surface area contributed by atoms with Crippen molar-refractivity contribution in [3.8, 4) is 11.5 Å². The van der Waals surface area contributed by atoms with E-state index in [0.29, 0.717) is 11.6 Å². The number of amides is 1. The van der Waals surface area contributed by atoms with Crippen LogP contribution in [0.15, 0.2) is 34.7 Å². The van der Waals surface area contributed by atoms with E-state index < -0.39 is 23.8 Å². The number of carboxylic acid groups (broad SMARTS) is 1. The van der Waals surface area contributed by atoms with Gasteiger partial charge in [-0.1, -0.05) is 18.2 Å². The highest BCUT2D eigenvalue weighted by molar-refractivity contribution is 5.93. The highest BCUT2D eigenvalue weighted by Gasteiger charge is 2.24. The van der Waals surface area contributed by atoms with Crippen molar-refractivity contribution in [2.24, 2.45) is 5.92 Å². The molecule has 0 saturated heterocycles. The first-order chi connectivity index (χ1) is 10.4. The lowest BCUT2D eigenvalue weighted by atomic mass is 10.0. The molecule has 1 aromatic carbocycles. The van der Waals surface area contributed by atoms with Crippen LogP contribution in [-0.2, 0) is 4.79 Å². The zero-order chi connectivity index (χ0) is 16.3. The Morgan fingerprint density at radius 3 is 2.45 bits per heavy atom. The van der Waals surface area contributed by atoms with Crippen molar-refractivity contribution in [3.63, 3.8) is 0 Å². The van der Waals surface area contributed by atoms with Crippen molar-refractivity contribution >= 4 is 11.9 Å². The summed E-state index contributed by atoms with van der Waals surface area (Å²) in [5.41, 5.74) is 1.24. The molecule has 116 valence electrons. The monoisotopic (exact) mass is 302 g/mol. The normalized spacial score (nSPS) is 13.4. The SMILES string of the molecule is Cc1nc(-c2ccccc2)oc1C(=O)NC(C)C(C)C(=O)O. The Balaban J connectivity index is 2.18. The Bertz CT molecular complexity index is 679. The summed E-state index contributed by atoms with van der Waals surface area (Å²) in [6.45, 7) is 4.85. The molecule has 6 nitrogen and oxygen atoms in total. The maximum atomic E-state index is 12.2. The second-order valence-electron chi connectivity index (χ2n) is 5.19. The van der Waals surface area contributed by atoms with Crippen LogP contribution in [0.5, 0.6) is 0 Å². The number of hydrogen-bond donors (Lipinski definition) is 2. The number of oxazole rings is 1. The Kier molecular flexibility index (Phi) is 4.60. The average Bonchev–Trinajstić information content (AvgIpc) is 2.89. The standard InChI is InChI=1S/C16H18N2O4/c1-9(16(20)21)10(2)17-14(19)13-11(3)18-15(22-13)12-7-5-4-6-8-12/h4-10H,1-3H3,(H,17,19)(H,20,21). The minimum Gasteiger partial charge on any atom is -0.481 e. The van der Waals surface area contributed by atoms with Gasteiger partial charge in [-0.15, -0.1) is 0 Å². The number of aryl methyl sites for hydroxylation is 1. The maximum Gasteiger partial charge on any atom is 0.308 e. The van der Waals surface area contributed by atoms with Crippen molar-refractivity contribution < 1.29 is 19.1 Å². The van der Waals surface area contributed by atoms with Gasteiger partial charge < -0.3 is 14.8 Å². The lowest BCUT2D eigenvalue weighted by Crippen LogP contribution is -2.40. The number of nitrogens with one attached hydrogen (secondary N) is 1. The minimum absolute atomic E-state index is 0.100. The highest BCUT2D eigenvalue weighted by atomic mass is 16.4. The molecule has 0 spiro atoms. The van der Waals surface area contributed by atoms with Gasteiger partial charge in [-0.25, -0.2) is 4.98 Å². The number of aliphatic carboxylic acids is 1. The second kappa shape index (κ2) is 6.43. The van der Waals surface area contributed by atoms with Crippen LogP contribution in [0.3, 0.4) is 0 Å². The van der Waals surface area contributed by atoms with Crippen molar-refractivity contribution in [2.75, 3.05) is 0 Å². The summed E-state index contributed by atoms with van der Waals surface area (Å²) in [7, 11) is 0. The van der Waals surface area contributed by atoms with Crippen LogP contribution in [0, 0.1) is 12.8 Å². The quantitative estimate of drug-likeness (QED) is 0.885. The number of nitrogens with zero attached hydrogens (tertiary/aromatic N) is 1. The zero-order valence-corrected chi connectivity index (χ0v) is 12.7. The van der Waals surface area contributed by atoms with E-state index in [4.69, 9.17) is 9.52 Å². The first-order valence-corrected chi connectivity index (χ1v) is 6.96. The van der Waals surface area contributed by atoms with Crippen molar-refractivity contribution in [1.82, 2.24) is 10.3 Å². The molecule has 1 aromatic heterocycles. The molecule has 0 bridgehead atoms. The molecule has 0 aliphatic heterocycles. The Hall–Kier alpha value is -2.63. The predicted octanol–water partition coefficient (Wildman–Crippen LogP) is 2.49. The molecular formula is C16H18N2O4. The third-order valence-corrected chi connectivity index (χ3v) is 3.52. The molecular weight excluding hydrogens is 284 g/mol.